The molecule has 2 aromatic heterocycles. The van der Waals surface area contributed by atoms with Crippen molar-refractivity contribution in [1.82, 2.24) is 30.2 Å². The molecule has 0 unspecified atom stereocenters. The first kappa shape index (κ1) is 51.7. The van der Waals surface area contributed by atoms with Crippen molar-refractivity contribution in [2.75, 3.05) is 62.2 Å². The molecule has 10 rings (SSSR count). The molecule has 6 aromatic rings. The highest BCUT2D eigenvalue weighted by atomic mass is 16.5. The number of aldehydes is 1. The van der Waals surface area contributed by atoms with Gasteiger partial charge in [-0.2, -0.15) is 0 Å². The molecule has 0 spiro atoms. The van der Waals surface area contributed by atoms with Gasteiger partial charge in [0.25, 0.3) is 0 Å². The lowest BCUT2D eigenvalue weighted by molar-refractivity contribution is 0.0881. The van der Waals surface area contributed by atoms with E-state index in [0.717, 1.165) is 137 Å². The zero-order chi connectivity index (χ0) is 49.6. The fraction of sp³-hybridized carbons (Fsp3) is 0.517. The number of ether oxygens (including phenoxy) is 2. The number of anilines is 2. The van der Waals surface area contributed by atoms with E-state index >= 15 is 0 Å². The minimum Gasteiger partial charge on any atom is -0.490 e. The van der Waals surface area contributed by atoms with E-state index < -0.39 is 0 Å². The number of nitrogens with one attached hydrogen (secondary N) is 1. The first-order valence-corrected chi connectivity index (χ1v) is 26.7. The van der Waals surface area contributed by atoms with Gasteiger partial charge in [0.15, 0.2) is 0 Å². The molecule has 4 aliphatic rings. The summed E-state index contributed by atoms with van der Waals surface area (Å²) in [5.74, 6) is 5.28. The van der Waals surface area contributed by atoms with Gasteiger partial charge < -0.3 is 24.6 Å². The molecule has 4 fully saturated rings. The molecule has 378 valence electrons. The molecule has 71 heavy (non-hydrogen) atoms. The average Bonchev–Trinajstić information content (AvgIpc) is 3.81. The van der Waals surface area contributed by atoms with Gasteiger partial charge in [-0.1, -0.05) is 77.9 Å². The summed E-state index contributed by atoms with van der Waals surface area (Å²) in [6, 6.07) is 29.1. The molecule has 1 N–H and O–H groups in total. The van der Waals surface area contributed by atoms with E-state index in [9.17, 15) is 4.79 Å². The number of hydrogen-bond acceptors (Lipinski definition) is 11. The number of hydrogen-bond donors (Lipinski definition) is 1. The van der Waals surface area contributed by atoms with Gasteiger partial charge >= 0.3 is 0 Å². The minimum atomic E-state index is 0.334. The predicted octanol–water partition coefficient (Wildman–Crippen LogP) is 12.2. The third-order valence-electron chi connectivity index (χ3n) is 15.3. The fourth-order valence-electron chi connectivity index (χ4n) is 10.9. The van der Waals surface area contributed by atoms with E-state index in [-0.39, 0.29) is 0 Å². The van der Waals surface area contributed by atoms with Crippen molar-refractivity contribution in [2.24, 2.45) is 22.7 Å². The molecule has 2 aliphatic heterocycles. The van der Waals surface area contributed by atoms with Crippen LogP contribution in [0.1, 0.15) is 122 Å². The highest BCUT2D eigenvalue weighted by Crippen LogP contribution is 2.40. The van der Waals surface area contributed by atoms with Crippen molar-refractivity contribution in [3.05, 3.63) is 121 Å². The summed E-state index contributed by atoms with van der Waals surface area (Å²) in [6.45, 7) is 23.4. The Hall–Kier alpha value is -5.65. The topological polar surface area (TPSA) is 109 Å². The fourth-order valence-corrected chi connectivity index (χ4v) is 10.9. The summed E-state index contributed by atoms with van der Waals surface area (Å²) in [5, 5.41) is 8.11. The van der Waals surface area contributed by atoms with E-state index in [0.29, 0.717) is 28.6 Å². The lowest BCUT2D eigenvalue weighted by atomic mass is 9.72. The Morgan fingerprint density at radius 3 is 1.58 bits per heavy atom. The monoisotopic (exact) mass is 961 g/mol. The van der Waals surface area contributed by atoms with Crippen LogP contribution in [-0.2, 0) is 6.54 Å². The summed E-state index contributed by atoms with van der Waals surface area (Å²) < 4.78 is 12.6. The highest BCUT2D eigenvalue weighted by Gasteiger charge is 2.32. The second kappa shape index (κ2) is 24.7. The van der Waals surface area contributed by atoms with Crippen LogP contribution >= 0.6 is 0 Å². The van der Waals surface area contributed by atoms with Crippen LogP contribution in [0.25, 0.3) is 21.5 Å². The van der Waals surface area contributed by atoms with Crippen LogP contribution < -0.4 is 24.6 Å². The lowest BCUT2D eigenvalue weighted by Gasteiger charge is -2.37. The zero-order valence-electron chi connectivity index (χ0n) is 43.6. The molecule has 4 aromatic carbocycles. The predicted molar refractivity (Wildman–Crippen MR) is 291 cm³/mol. The van der Waals surface area contributed by atoms with E-state index in [1.54, 1.807) is 12.4 Å². The Morgan fingerprint density at radius 2 is 1.03 bits per heavy atom. The summed E-state index contributed by atoms with van der Waals surface area (Å²) in [5.41, 5.74) is 2.90. The Bertz CT molecular complexity index is 2560. The molecule has 2 saturated heterocycles. The summed E-state index contributed by atoms with van der Waals surface area (Å²) in [6.07, 6.45) is 20.8. The molecule has 4 heterocycles. The van der Waals surface area contributed by atoms with E-state index in [1.165, 1.54) is 54.9 Å². The van der Waals surface area contributed by atoms with Gasteiger partial charge in [0.2, 0.25) is 11.9 Å². The number of carbonyl (C=O) groups is 1. The van der Waals surface area contributed by atoms with E-state index in [4.69, 9.17) is 9.47 Å². The summed E-state index contributed by atoms with van der Waals surface area (Å²) in [7, 11) is 0. The smallest absolute Gasteiger partial charge is 0.225 e. The summed E-state index contributed by atoms with van der Waals surface area (Å²) >= 11 is 0. The molecule has 0 bridgehead atoms. The second-order valence-corrected chi connectivity index (χ2v) is 22.4. The lowest BCUT2D eigenvalue weighted by Crippen LogP contribution is -2.31. The average molecular weight is 961 g/mol. The van der Waals surface area contributed by atoms with Gasteiger partial charge in [0.05, 0.1) is 12.2 Å². The first-order valence-electron chi connectivity index (χ1n) is 26.7. The van der Waals surface area contributed by atoms with Gasteiger partial charge in [0, 0.05) is 82.7 Å². The van der Waals surface area contributed by atoms with Gasteiger partial charge in [-0.15, -0.1) is 0 Å². The number of carbonyl (C=O) groups excluding carboxylic acids is 1. The van der Waals surface area contributed by atoms with Crippen molar-refractivity contribution in [1.29, 1.82) is 0 Å². The Balaban J connectivity index is 0.000000160. The van der Waals surface area contributed by atoms with Crippen LogP contribution in [0.15, 0.2) is 110 Å². The van der Waals surface area contributed by atoms with Crippen molar-refractivity contribution < 1.29 is 14.3 Å². The van der Waals surface area contributed by atoms with Crippen molar-refractivity contribution in [2.45, 2.75) is 125 Å². The summed E-state index contributed by atoms with van der Waals surface area (Å²) in [4.78, 5) is 35.3. The van der Waals surface area contributed by atoms with Gasteiger partial charge in [-0.05, 0) is 169 Å². The first-order chi connectivity index (χ1) is 34.4. The second-order valence-electron chi connectivity index (χ2n) is 22.4. The van der Waals surface area contributed by atoms with Gasteiger partial charge in [0.1, 0.15) is 17.8 Å². The van der Waals surface area contributed by atoms with Crippen LogP contribution in [0, 0.1) is 22.7 Å². The van der Waals surface area contributed by atoms with Crippen molar-refractivity contribution in [3.63, 3.8) is 0 Å². The number of benzene rings is 4. The molecule has 0 radical (unpaired) electrons. The molecular weight excluding hydrogens is 881 g/mol. The number of rotatable bonds is 9. The van der Waals surface area contributed by atoms with E-state index in [2.05, 4.69) is 124 Å². The molecule has 11 nitrogen and oxygen atoms in total. The number of fused-ring (bicyclic) bond motifs is 2. The Morgan fingerprint density at radius 1 is 0.535 bits per heavy atom. The standard InChI is InChI=1S/C30H40N4O.C21H26O2.C9H14N4/c1-30(2,3)26-9-12-27(13-10-26)35-28-11-8-24-20-23(6-7-25(24)21-28)22-33-16-5-17-34(19-18-33)29-31-14-4-15-32-29;1-21(2,3)18-7-10-19(11-8-18)23-20-9-6-16-12-15(14-22)4-5-17(16)13-20;1-4-11-9(12-5-1)13-7-2-3-10-6-8-13/h4,6-8,11,14-15,20-21,26-27H,5,9-10,12-13,16-19,22H2,1-3H3;4-6,9,12-14,18-19H,7-8,10-11H2,1-3H3;1,4-5,10H,2-3,6-8H2. The molecule has 2 aliphatic carbocycles. The minimum absolute atomic E-state index is 0.334. The van der Waals surface area contributed by atoms with Crippen LogP contribution in [0.5, 0.6) is 11.5 Å². The third kappa shape index (κ3) is 15.2. The third-order valence-corrected chi connectivity index (χ3v) is 15.3. The Labute approximate surface area is 424 Å². The van der Waals surface area contributed by atoms with Gasteiger partial charge in [-0.3, -0.25) is 9.69 Å². The molecule has 0 amide bonds. The van der Waals surface area contributed by atoms with Crippen LogP contribution in [-0.4, -0.2) is 95.7 Å². The van der Waals surface area contributed by atoms with Crippen LogP contribution in [0.2, 0.25) is 0 Å². The zero-order valence-corrected chi connectivity index (χ0v) is 43.6. The van der Waals surface area contributed by atoms with E-state index in [1.807, 2.05) is 54.9 Å². The molecular formula is C60H80N8O3. The maximum absolute atomic E-state index is 10.9. The number of aromatic nitrogens is 4. The normalized spacial score (nSPS) is 21.4. The maximum Gasteiger partial charge on any atom is 0.225 e. The molecule has 11 heteroatoms. The van der Waals surface area contributed by atoms with Crippen LogP contribution in [0.3, 0.4) is 0 Å². The number of nitrogens with zero attached hydrogens (tertiary/aromatic N) is 7. The maximum atomic E-state index is 10.9. The van der Waals surface area contributed by atoms with Crippen LogP contribution in [0.4, 0.5) is 11.9 Å². The quantitative estimate of drug-likeness (QED) is 0.140. The molecule has 0 atom stereocenters. The van der Waals surface area contributed by atoms with Crippen molar-refractivity contribution in [3.8, 4) is 11.5 Å². The highest BCUT2D eigenvalue weighted by molar-refractivity contribution is 5.89. The molecule has 2 saturated carbocycles. The van der Waals surface area contributed by atoms with Crippen molar-refractivity contribution >= 4 is 39.7 Å². The van der Waals surface area contributed by atoms with Gasteiger partial charge in [-0.25, -0.2) is 19.9 Å². The largest absolute Gasteiger partial charge is 0.490 e. The SMILES string of the molecule is CC(C)(C)C1CCC(Oc2ccc3cc(C=O)ccc3c2)CC1.CC(C)(C)C1CCC(Oc2ccc3cc(CN4CCCN(c5ncccn5)CC4)ccc3c2)CC1.c1cnc(N2CCCNCC2)nc1. The Kier molecular flexibility index (Phi) is 18.0.